The van der Waals surface area contributed by atoms with E-state index in [1.807, 2.05) is 25.1 Å². The number of methoxy groups -OCH3 is 1. The fourth-order valence-electron chi connectivity index (χ4n) is 2.08. The zero-order valence-corrected chi connectivity index (χ0v) is 14.6. The van der Waals surface area contributed by atoms with Crippen molar-refractivity contribution in [1.82, 2.24) is 5.32 Å². The predicted molar refractivity (Wildman–Crippen MR) is 86.1 cm³/mol. The van der Waals surface area contributed by atoms with Crippen LogP contribution >= 0.6 is 15.9 Å². The van der Waals surface area contributed by atoms with E-state index in [0.29, 0.717) is 6.42 Å². The third-order valence-corrected chi connectivity index (χ3v) is 4.79. The summed E-state index contributed by atoms with van der Waals surface area (Å²) in [7, 11) is -1.27. The Kier molecular flexibility index (Phi) is 6.99. The second-order valence-electron chi connectivity index (χ2n) is 4.77. The van der Waals surface area contributed by atoms with Gasteiger partial charge in [-0.3, -0.25) is 0 Å². The highest BCUT2D eigenvalue weighted by Crippen LogP contribution is 2.30. The molecule has 0 saturated carbocycles. The molecular weight excluding hydrogens is 342 g/mol. The van der Waals surface area contributed by atoms with Gasteiger partial charge in [0.2, 0.25) is 0 Å². The van der Waals surface area contributed by atoms with E-state index >= 15 is 0 Å². The zero-order valence-electron chi connectivity index (χ0n) is 12.1. The second kappa shape index (κ2) is 8.00. The smallest absolute Gasteiger partial charge is 0.147 e. The van der Waals surface area contributed by atoms with Gasteiger partial charge in [0.1, 0.15) is 15.6 Å². The molecular formula is C14H22BrNO3S. The third kappa shape index (κ3) is 5.81. The van der Waals surface area contributed by atoms with Gasteiger partial charge in [0.25, 0.3) is 0 Å². The molecule has 0 fully saturated rings. The van der Waals surface area contributed by atoms with Crippen molar-refractivity contribution in [3.8, 4) is 5.75 Å². The minimum absolute atomic E-state index is 0.117. The van der Waals surface area contributed by atoms with E-state index in [4.69, 9.17) is 4.74 Å². The van der Waals surface area contributed by atoms with Crippen molar-refractivity contribution in [3.05, 3.63) is 28.2 Å². The average Bonchev–Trinajstić information content (AvgIpc) is 2.37. The van der Waals surface area contributed by atoms with Crippen LogP contribution < -0.4 is 10.1 Å². The fourth-order valence-corrected chi connectivity index (χ4v) is 3.29. The van der Waals surface area contributed by atoms with Crippen LogP contribution in [0, 0.1) is 0 Å². The average molecular weight is 364 g/mol. The minimum Gasteiger partial charge on any atom is -0.497 e. The fraction of sp³-hybridized carbons (Fsp3) is 0.571. The van der Waals surface area contributed by atoms with Crippen molar-refractivity contribution in [2.45, 2.75) is 25.8 Å². The molecule has 114 valence electrons. The van der Waals surface area contributed by atoms with Crippen LogP contribution in [-0.4, -0.2) is 34.1 Å². The molecule has 20 heavy (non-hydrogen) atoms. The molecule has 0 aromatic heterocycles. The van der Waals surface area contributed by atoms with Crippen LogP contribution in [0.25, 0.3) is 0 Å². The molecule has 1 rings (SSSR count). The van der Waals surface area contributed by atoms with Crippen LogP contribution in [-0.2, 0) is 9.84 Å². The first-order valence-corrected chi connectivity index (χ1v) is 9.47. The molecule has 1 N–H and O–H groups in total. The van der Waals surface area contributed by atoms with Gasteiger partial charge in [0, 0.05) is 22.5 Å². The Morgan fingerprint density at radius 3 is 2.65 bits per heavy atom. The maximum Gasteiger partial charge on any atom is 0.147 e. The molecule has 0 spiro atoms. The van der Waals surface area contributed by atoms with Crippen LogP contribution in [0.4, 0.5) is 0 Å². The number of hydrogen-bond donors (Lipinski definition) is 1. The Bertz CT molecular complexity index is 531. The van der Waals surface area contributed by atoms with Crippen LogP contribution in [0.15, 0.2) is 22.7 Å². The van der Waals surface area contributed by atoms with Gasteiger partial charge in [-0.15, -0.1) is 0 Å². The summed E-state index contributed by atoms with van der Waals surface area (Å²) in [6.07, 6.45) is 2.68. The molecule has 0 radical (unpaired) electrons. The summed E-state index contributed by atoms with van der Waals surface area (Å²) in [6.45, 7) is 2.87. The Morgan fingerprint density at radius 2 is 2.10 bits per heavy atom. The lowest BCUT2D eigenvalue weighted by Gasteiger charge is -2.20. The van der Waals surface area contributed by atoms with Crippen molar-refractivity contribution < 1.29 is 13.2 Å². The lowest BCUT2D eigenvalue weighted by molar-refractivity contribution is 0.412. The van der Waals surface area contributed by atoms with E-state index in [1.54, 1.807) is 7.11 Å². The Morgan fingerprint density at radius 1 is 1.40 bits per heavy atom. The largest absolute Gasteiger partial charge is 0.497 e. The number of nitrogens with one attached hydrogen (secondary N) is 1. The Labute approximate surface area is 130 Å². The molecule has 1 unspecified atom stereocenters. The topological polar surface area (TPSA) is 55.4 Å². The first-order chi connectivity index (χ1) is 9.37. The van der Waals surface area contributed by atoms with Gasteiger partial charge in [-0.2, -0.15) is 0 Å². The quantitative estimate of drug-likeness (QED) is 0.771. The van der Waals surface area contributed by atoms with Crippen molar-refractivity contribution in [3.63, 3.8) is 0 Å². The minimum atomic E-state index is -2.90. The van der Waals surface area contributed by atoms with Crippen LogP contribution in [0.5, 0.6) is 5.75 Å². The van der Waals surface area contributed by atoms with Crippen molar-refractivity contribution in [2.75, 3.05) is 25.7 Å². The van der Waals surface area contributed by atoms with E-state index in [1.165, 1.54) is 6.26 Å². The maximum absolute atomic E-state index is 11.2. The van der Waals surface area contributed by atoms with Crippen LogP contribution in [0.2, 0.25) is 0 Å². The monoisotopic (exact) mass is 363 g/mol. The molecule has 1 aromatic rings. The van der Waals surface area contributed by atoms with Gasteiger partial charge in [-0.25, -0.2) is 8.42 Å². The standard InChI is InChI=1S/C14H22BrNO3S/c1-4-16-14(6-5-9-20(3,17)18)12-10-11(19-2)7-8-13(12)15/h7-8,10,14,16H,4-6,9H2,1-3H3. The molecule has 0 amide bonds. The summed E-state index contributed by atoms with van der Waals surface area (Å²) >= 11 is 3.55. The highest BCUT2D eigenvalue weighted by molar-refractivity contribution is 9.10. The molecule has 4 nitrogen and oxygen atoms in total. The highest BCUT2D eigenvalue weighted by atomic mass is 79.9. The number of rotatable bonds is 8. The van der Waals surface area contributed by atoms with Gasteiger partial charge in [-0.1, -0.05) is 22.9 Å². The summed E-state index contributed by atoms with van der Waals surface area (Å²) in [5.41, 5.74) is 1.10. The summed E-state index contributed by atoms with van der Waals surface area (Å²) in [5, 5.41) is 3.40. The molecule has 0 aliphatic heterocycles. The molecule has 0 aliphatic rings. The molecule has 6 heteroatoms. The van der Waals surface area contributed by atoms with Gasteiger partial charge in [-0.05, 0) is 43.1 Å². The second-order valence-corrected chi connectivity index (χ2v) is 7.88. The molecule has 0 heterocycles. The number of hydrogen-bond acceptors (Lipinski definition) is 4. The number of sulfone groups is 1. The van der Waals surface area contributed by atoms with E-state index in [-0.39, 0.29) is 11.8 Å². The molecule has 0 saturated heterocycles. The normalized spacial score (nSPS) is 13.2. The SMILES string of the molecule is CCNC(CCCS(C)(=O)=O)c1cc(OC)ccc1Br. The number of halogens is 1. The molecule has 0 aliphatic carbocycles. The maximum atomic E-state index is 11.2. The number of benzene rings is 1. The van der Waals surface area contributed by atoms with Gasteiger partial charge >= 0.3 is 0 Å². The third-order valence-electron chi connectivity index (χ3n) is 3.04. The summed E-state index contributed by atoms with van der Waals surface area (Å²) in [4.78, 5) is 0. The van der Waals surface area contributed by atoms with Crippen molar-refractivity contribution in [1.29, 1.82) is 0 Å². The van der Waals surface area contributed by atoms with Gasteiger partial charge in [0.15, 0.2) is 0 Å². The molecule has 1 aromatic carbocycles. The Balaban J connectivity index is 2.84. The van der Waals surface area contributed by atoms with Crippen molar-refractivity contribution in [2.24, 2.45) is 0 Å². The summed E-state index contributed by atoms with van der Waals surface area (Å²) in [5.74, 6) is 1.02. The van der Waals surface area contributed by atoms with E-state index in [0.717, 1.165) is 28.8 Å². The van der Waals surface area contributed by atoms with E-state index < -0.39 is 9.84 Å². The van der Waals surface area contributed by atoms with Crippen molar-refractivity contribution >= 4 is 25.8 Å². The number of ether oxygens (including phenoxy) is 1. The lowest BCUT2D eigenvalue weighted by atomic mass is 10.0. The van der Waals surface area contributed by atoms with E-state index in [9.17, 15) is 8.42 Å². The predicted octanol–water partition coefficient (Wildman–Crippen LogP) is 2.93. The molecule has 0 bridgehead atoms. The van der Waals surface area contributed by atoms with Crippen LogP contribution in [0.3, 0.4) is 0 Å². The lowest BCUT2D eigenvalue weighted by Crippen LogP contribution is -2.22. The molecule has 1 atom stereocenters. The van der Waals surface area contributed by atoms with Gasteiger partial charge < -0.3 is 10.1 Å². The first kappa shape index (κ1) is 17.5. The summed E-state index contributed by atoms with van der Waals surface area (Å²) in [6, 6.07) is 5.95. The van der Waals surface area contributed by atoms with Crippen LogP contribution in [0.1, 0.15) is 31.4 Å². The van der Waals surface area contributed by atoms with Gasteiger partial charge in [0.05, 0.1) is 7.11 Å². The first-order valence-electron chi connectivity index (χ1n) is 6.62. The highest BCUT2D eigenvalue weighted by Gasteiger charge is 2.15. The Hall–Kier alpha value is -0.590. The van der Waals surface area contributed by atoms with E-state index in [2.05, 4.69) is 21.2 Å². The zero-order chi connectivity index (χ0) is 15.2. The summed E-state index contributed by atoms with van der Waals surface area (Å²) < 4.78 is 28.7.